The van der Waals surface area contributed by atoms with E-state index in [-0.39, 0.29) is 16.3 Å². The molecule has 0 spiro atoms. The van der Waals surface area contributed by atoms with Gasteiger partial charge in [0.25, 0.3) is 0 Å². The van der Waals surface area contributed by atoms with Crippen molar-refractivity contribution < 1.29 is 50.4 Å². The van der Waals surface area contributed by atoms with Gasteiger partial charge in [-0.2, -0.15) is 0 Å². The molecule has 0 aliphatic carbocycles. The lowest BCUT2D eigenvalue weighted by molar-refractivity contribution is 0.349. The predicted molar refractivity (Wildman–Crippen MR) is 233 cm³/mol. The van der Waals surface area contributed by atoms with Crippen LogP contribution in [-0.2, 0) is 0 Å². The highest BCUT2D eigenvalue weighted by Gasteiger charge is 2.33. The molecule has 10 nitrogen and oxygen atoms in total. The van der Waals surface area contributed by atoms with E-state index in [0.717, 1.165) is 65.3 Å². The fourth-order valence-electron chi connectivity index (χ4n) is 9.09. The number of hydrogen-bond donors (Lipinski definition) is 9. The Hall–Kier alpha value is -8.50. The van der Waals surface area contributed by atoms with Crippen LogP contribution < -0.4 is 0 Å². The van der Waals surface area contributed by atoms with Gasteiger partial charge in [0.2, 0.25) is 23.0 Å². The minimum absolute atomic E-state index is 0.105. The molecule has 0 bridgehead atoms. The van der Waals surface area contributed by atoms with E-state index in [1.54, 1.807) is 12.1 Å². The van der Waals surface area contributed by atoms with Crippen molar-refractivity contribution in [3.05, 3.63) is 127 Å². The molecule has 0 aliphatic rings. The molecule has 1 heterocycles. The van der Waals surface area contributed by atoms with E-state index in [1.807, 2.05) is 36.4 Å². The zero-order valence-electron chi connectivity index (χ0n) is 31.1. The van der Waals surface area contributed by atoms with Gasteiger partial charge in [-0.15, -0.1) is 0 Å². The maximum Gasteiger partial charge on any atom is 0.205 e. The molecule has 0 fully saturated rings. The van der Waals surface area contributed by atoms with Crippen LogP contribution in [0, 0.1) is 0 Å². The summed E-state index contributed by atoms with van der Waals surface area (Å²) in [5, 5.41) is 104. The van der Waals surface area contributed by atoms with Gasteiger partial charge in [0.1, 0.15) is 5.75 Å². The second-order valence-electron chi connectivity index (χ2n) is 14.9. The van der Waals surface area contributed by atoms with Crippen LogP contribution in [0.25, 0.3) is 109 Å². The molecule has 1 aromatic heterocycles. The Morgan fingerprint density at radius 1 is 0.283 bits per heavy atom. The normalized spacial score (nSPS) is 11.9. The number of aromatic hydroxyl groups is 9. The van der Waals surface area contributed by atoms with Gasteiger partial charge >= 0.3 is 0 Å². The Kier molecular flexibility index (Phi) is 7.09. The standard InChI is InChI=1S/C50H30O10/c51-40-37-38(43(54)46(57)45(56)42(37)53)44(55)50-39(40)36-34(41(52)47(58)48(59)49(36)60-50)26-19-17-23-20-25(18-16-24(23)21-26)33-29-11-3-5-13-31(29)35(32-14-6-4-12-30(32)33)28-15-7-9-22-8-1-2-10-27(22)28/h1-21,51-59H. The van der Waals surface area contributed by atoms with Crippen LogP contribution in [0.15, 0.2) is 132 Å². The number of furan rings is 1. The second kappa shape index (κ2) is 12.3. The van der Waals surface area contributed by atoms with Gasteiger partial charge < -0.3 is 50.4 Å². The fraction of sp³-hybridized carbons (Fsp3) is 0. The van der Waals surface area contributed by atoms with Crippen molar-refractivity contribution in [3.63, 3.8) is 0 Å². The average molecular weight is 791 g/mol. The zero-order valence-corrected chi connectivity index (χ0v) is 31.1. The minimum Gasteiger partial charge on any atom is -0.506 e. The Balaban J connectivity index is 1.14. The first-order chi connectivity index (χ1) is 29.0. The van der Waals surface area contributed by atoms with Crippen LogP contribution >= 0.6 is 0 Å². The number of phenolic OH excluding ortho intramolecular Hbond substituents is 9. The summed E-state index contributed by atoms with van der Waals surface area (Å²) < 4.78 is 5.78. The third-order valence-corrected chi connectivity index (χ3v) is 11.8. The molecule has 0 saturated carbocycles. The van der Waals surface area contributed by atoms with Gasteiger partial charge in [-0.25, -0.2) is 0 Å². The average Bonchev–Trinajstić information content (AvgIpc) is 3.68. The molecule has 0 aliphatic heterocycles. The van der Waals surface area contributed by atoms with Crippen molar-refractivity contribution in [2.75, 3.05) is 0 Å². The van der Waals surface area contributed by atoms with E-state index < -0.39 is 73.7 Å². The summed E-state index contributed by atoms with van der Waals surface area (Å²) in [6, 6.07) is 42.8. The first-order valence-electron chi connectivity index (χ1n) is 18.9. The lowest BCUT2D eigenvalue weighted by Gasteiger charge is -2.19. The summed E-state index contributed by atoms with van der Waals surface area (Å²) in [5.41, 5.74) is 3.54. The minimum atomic E-state index is -1.17. The lowest BCUT2D eigenvalue weighted by Crippen LogP contribution is -1.91. The van der Waals surface area contributed by atoms with Crippen molar-refractivity contribution >= 4 is 75.8 Å². The summed E-state index contributed by atoms with van der Waals surface area (Å²) in [6.45, 7) is 0. The Labute approximate surface area is 337 Å². The number of benzene rings is 10. The van der Waals surface area contributed by atoms with Crippen molar-refractivity contribution in [1.29, 1.82) is 0 Å². The highest BCUT2D eigenvalue weighted by molar-refractivity contribution is 6.27. The lowest BCUT2D eigenvalue weighted by atomic mass is 9.84. The topological polar surface area (TPSA) is 195 Å². The fourth-order valence-corrected chi connectivity index (χ4v) is 9.09. The maximum atomic E-state index is 11.6. The van der Waals surface area contributed by atoms with Gasteiger partial charge in [0.05, 0.1) is 16.2 Å². The summed E-state index contributed by atoms with van der Waals surface area (Å²) in [6.07, 6.45) is 0. The van der Waals surface area contributed by atoms with E-state index in [2.05, 4.69) is 78.9 Å². The van der Waals surface area contributed by atoms with Gasteiger partial charge in [-0.05, 0) is 83.0 Å². The van der Waals surface area contributed by atoms with E-state index in [1.165, 1.54) is 0 Å². The highest BCUT2D eigenvalue weighted by Crippen LogP contribution is 2.61. The molecule has 9 N–H and O–H groups in total. The Morgan fingerprint density at radius 2 is 0.750 bits per heavy atom. The molecule has 10 aromatic carbocycles. The van der Waals surface area contributed by atoms with E-state index in [0.29, 0.717) is 5.56 Å². The first-order valence-corrected chi connectivity index (χ1v) is 18.9. The molecule has 0 unspecified atom stereocenters. The molecule has 11 rings (SSSR count). The van der Waals surface area contributed by atoms with Crippen molar-refractivity contribution in [2.45, 2.75) is 0 Å². The molecule has 10 heteroatoms. The number of hydrogen-bond acceptors (Lipinski definition) is 10. The van der Waals surface area contributed by atoms with Crippen LogP contribution in [0.3, 0.4) is 0 Å². The maximum absolute atomic E-state index is 11.6. The first kappa shape index (κ1) is 34.7. The van der Waals surface area contributed by atoms with Crippen molar-refractivity contribution in [1.82, 2.24) is 0 Å². The SMILES string of the molecule is Oc1c(O)c(-c2ccc3cc(-c4c5ccccc5c(-c5cccc6ccccc56)c5ccccc45)ccc3c2)c2c(oc3c(O)c4c(O)c(O)c(O)c(O)c4c(O)c32)c1O. The van der Waals surface area contributed by atoms with Crippen LogP contribution in [0.2, 0.25) is 0 Å². The van der Waals surface area contributed by atoms with Gasteiger partial charge in [-0.3, -0.25) is 0 Å². The molecule has 11 aromatic rings. The van der Waals surface area contributed by atoms with Gasteiger partial charge in [0.15, 0.2) is 34.2 Å². The van der Waals surface area contributed by atoms with E-state index in [4.69, 9.17) is 4.42 Å². The highest BCUT2D eigenvalue weighted by atomic mass is 16.4. The quantitative estimate of drug-likeness (QED) is 0.0472. The summed E-state index contributed by atoms with van der Waals surface area (Å²) in [5.74, 6) is -8.81. The third-order valence-electron chi connectivity index (χ3n) is 11.8. The van der Waals surface area contributed by atoms with Crippen LogP contribution in [0.1, 0.15) is 0 Å². The molecular formula is C50H30O10. The van der Waals surface area contributed by atoms with Crippen LogP contribution in [0.4, 0.5) is 0 Å². The predicted octanol–water partition coefficient (Wildman–Crippen LogP) is 11.7. The number of rotatable bonds is 3. The monoisotopic (exact) mass is 790 g/mol. The van der Waals surface area contributed by atoms with Gasteiger partial charge in [-0.1, -0.05) is 115 Å². The van der Waals surface area contributed by atoms with E-state index >= 15 is 0 Å². The number of fused-ring (bicyclic) bond motifs is 8. The number of phenols is 9. The molecule has 60 heavy (non-hydrogen) atoms. The molecule has 0 saturated heterocycles. The smallest absolute Gasteiger partial charge is 0.205 e. The summed E-state index contributed by atoms with van der Waals surface area (Å²) in [7, 11) is 0. The van der Waals surface area contributed by atoms with E-state index in [9.17, 15) is 46.0 Å². The van der Waals surface area contributed by atoms with Crippen molar-refractivity contribution in [2.24, 2.45) is 0 Å². The molecular weight excluding hydrogens is 761 g/mol. The molecule has 0 amide bonds. The Morgan fingerprint density at radius 3 is 1.35 bits per heavy atom. The van der Waals surface area contributed by atoms with Crippen LogP contribution in [0.5, 0.6) is 51.7 Å². The molecule has 0 atom stereocenters. The Bertz CT molecular complexity index is 3650. The van der Waals surface area contributed by atoms with Gasteiger partial charge in [0, 0.05) is 10.9 Å². The summed E-state index contributed by atoms with van der Waals surface area (Å²) in [4.78, 5) is 0. The molecule has 290 valence electrons. The third kappa shape index (κ3) is 4.52. The second-order valence-corrected chi connectivity index (χ2v) is 14.9. The van der Waals surface area contributed by atoms with Crippen molar-refractivity contribution in [3.8, 4) is 85.1 Å². The summed E-state index contributed by atoms with van der Waals surface area (Å²) >= 11 is 0. The van der Waals surface area contributed by atoms with Crippen LogP contribution in [-0.4, -0.2) is 46.0 Å². The molecule has 0 radical (unpaired) electrons. The largest absolute Gasteiger partial charge is 0.506 e. The zero-order chi connectivity index (χ0) is 41.3.